The number of alkyl halides is 1. The average molecular weight is 489 g/mol. The number of hydrogen-bond donors (Lipinski definition) is 3. The Morgan fingerprint density at radius 3 is 2.32 bits per heavy atom. The first-order valence-corrected chi connectivity index (χ1v) is 11.6. The van der Waals surface area contributed by atoms with Crippen LogP contribution in [0, 0.1) is 32.1 Å². The Balaban J connectivity index is 1.51. The molecule has 3 nitrogen and oxygen atoms in total. The predicted molar refractivity (Wildman–Crippen MR) is 144 cm³/mol. The summed E-state index contributed by atoms with van der Waals surface area (Å²) >= 11 is 12.9. The number of benzene rings is 3. The van der Waals surface area contributed by atoms with Gasteiger partial charge in [0.25, 0.3) is 0 Å². The van der Waals surface area contributed by atoms with Crippen molar-refractivity contribution in [3.63, 3.8) is 0 Å². The molecule has 0 heterocycles. The van der Waals surface area contributed by atoms with E-state index in [4.69, 9.17) is 29.6 Å². The fourth-order valence-corrected chi connectivity index (χ4v) is 4.95. The number of terminal acetylenes is 1. The summed E-state index contributed by atoms with van der Waals surface area (Å²) < 4.78 is 0. The summed E-state index contributed by atoms with van der Waals surface area (Å²) in [6.45, 7) is 12.3. The van der Waals surface area contributed by atoms with E-state index >= 15 is 0 Å². The van der Waals surface area contributed by atoms with Gasteiger partial charge in [-0.2, -0.15) is 0 Å². The SMILES string of the molecule is C#Cc1cc(C)cc(C2C(C(=C)Nc3ccc(Cl)c(C(=C)Nc4ccc(C)cc4)c3)C2(O)Cl)c1. The second-order valence-electron chi connectivity index (χ2n) is 8.77. The molecule has 1 aliphatic rings. The van der Waals surface area contributed by atoms with E-state index in [2.05, 4.69) is 29.7 Å². The second-order valence-corrected chi connectivity index (χ2v) is 9.79. The molecule has 0 aliphatic heterocycles. The molecule has 0 amide bonds. The Morgan fingerprint density at radius 1 is 0.971 bits per heavy atom. The lowest BCUT2D eigenvalue weighted by Crippen LogP contribution is -2.08. The van der Waals surface area contributed by atoms with Gasteiger partial charge in [-0.3, -0.25) is 0 Å². The van der Waals surface area contributed by atoms with Gasteiger partial charge in [0.05, 0.1) is 10.9 Å². The molecule has 1 fully saturated rings. The third-order valence-corrected chi connectivity index (χ3v) is 6.84. The molecule has 3 aromatic rings. The molecule has 1 saturated carbocycles. The molecule has 34 heavy (non-hydrogen) atoms. The highest BCUT2D eigenvalue weighted by atomic mass is 35.5. The monoisotopic (exact) mass is 488 g/mol. The number of nitrogens with one attached hydrogen (secondary N) is 2. The van der Waals surface area contributed by atoms with Crippen molar-refractivity contribution in [2.45, 2.75) is 24.8 Å². The summed E-state index contributed by atoms with van der Waals surface area (Å²) in [6, 6.07) is 19.4. The van der Waals surface area contributed by atoms with E-state index in [9.17, 15) is 5.11 Å². The van der Waals surface area contributed by atoms with E-state index in [0.29, 0.717) is 16.4 Å². The van der Waals surface area contributed by atoms with Crippen molar-refractivity contribution in [1.82, 2.24) is 0 Å². The van der Waals surface area contributed by atoms with Gasteiger partial charge >= 0.3 is 0 Å². The maximum atomic E-state index is 10.8. The van der Waals surface area contributed by atoms with Crippen LogP contribution in [0.5, 0.6) is 0 Å². The Labute approximate surface area is 211 Å². The molecule has 3 N–H and O–H groups in total. The Bertz CT molecular complexity index is 1320. The van der Waals surface area contributed by atoms with Crippen LogP contribution >= 0.6 is 23.2 Å². The molecule has 0 aromatic heterocycles. The van der Waals surface area contributed by atoms with Crippen LogP contribution in [0.4, 0.5) is 11.4 Å². The smallest absolute Gasteiger partial charge is 0.155 e. The summed E-state index contributed by atoms with van der Waals surface area (Å²) in [5.74, 6) is 1.96. The lowest BCUT2D eigenvalue weighted by molar-refractivity contribution is 0.219. The van der Waals surface area contributed by atoms with E-state index in [-0.39, 0.29) is 11.8 Å². The van der Waals surface area contributed by atoms with Crippen molar-refractivity contribution in [3.05, 3.63) is 112 Å². The Morgan fingerprint density at radius 2 is 1.65 bits per heavy atom. The van der Waals surface area contributed by atoms with Crippen LogP contribution < -0.4 is 10.6 Å². The predicted octanol–water partition coefficient (Wildman–Crippen LogP) is 7.29. The normalized spacial score (nSPS) is 20.8. The Hall–Kier alpha value is -3.16. The quantitative estimate of drug-likeness (QED) is 0.241. The fraction of sp³-hybridized carbons (Fsp3) is 0.172. The average Bonchev–Trinajstić information content (AvgIpc) is 3.38. The topological polar surface area (TPSA) is 44.3 Å². The number of halogens is 2. The zero-order chi connectivity index (χ0) is 24.6. The zero-order valence-corrected chi connectivity index (χ0v) is 20.6. The largest absolute Gasteiger partial charge is 0.374 e. The summed E-state index contributed by atoms with van der Waals surface area (Å²) in [6.07, 6.45) is 5.58. The van der Waals surface area contributed by atoms with E-state index in [1.165, 1.54) is 5.56 Å². The van der Waals surface area contributed by atoms with Crippen molar-refractivity contribution in [2.75, 3.05) is 10.6 Å². The molecule has 3 unspecified atom stereocenters. The molecule has 0 spiro atoms. The minimum absolute atomic E-state index is 0.314. The maximum Gasteiger partial charge on any atom is 0.155 e. The third kappa shape index (κ3) is 4.86. The van der Waals surface area contributed by atoms with Gasteiger partial charge in [0.1, 0.15) is 0 Å². The van der Waals surface area contributed by atoms with Gasteiger partial charge in [0.2, 0.25) is 0 Å². The molecule has 5 heteroatoms. The first-order chi connectivity index (χ1) is 16.1. The minimum atomic E-state index is -1.43. The first kappa shape index (κ1) is 24.0. The molecule has 4 rings (SSSR count). The Kier molecular flexibility index (Phi) is 6.51. The standard InChI is InChI=1S/C29H26Cl2N2O/c1-6-21-13-18(3)14-22(15-21)28-27(29(28,31)34)20(5)33-24-11-12-26(30)25(16-24)19(4)32-23-9-7-17(2)8-10-23/h1,7-16,27-28,32-34H,4-5H2,2-3H3. The number of hydrogen-bond acceptors (Lipinski definition) is 3. The number of anilines is 2. The molecular formula is C29H26Cl2N2O. The lowest BCUT2D eigenvalue weighted by atomic mass is 10.0. The molecule has 0 radical (unpaired) electrons. The molecule has 0 saturated heterocycles. The van der Waals surface area contributed by atoms with Crippen LogP contribution in [-0.4, -0.2) is 10.2 Å². The highest BCUT2D eigenvalue weighted by molar-refractivity contribution is 6.32. The van der Waals surface area contributed by atoms with E-state index in [1.807, 2.05) is 68.4 Å². The molecule has 0 bridgehead atoms. The molecule has 3 aromatic carbocycles. The highest BCUT2D eigenvalue weighted by Gasteiger charge is 2.65. The van der Waals surface area contributed by atoms with Crippen molar-refractivity contribution < 1.29 is 5.11 Å². The first-order valence-electron chi connectivity index (χ1n) is 10.9. The number of aryl methyl sites for hydroxylation is 2. The molecule has 172 valence electrons. The van der Waals surface area contributed by atoms with Crippen molar-refractivity contribution in [3.8, 4) is 12.3 Å². The van der Waals surface area contributed by atoms with Gasteiger partial charge < -0.3 is 15.7 Å². The number of aliphatic hydroxyl groups is 1. The van der Waals surface area contributed by atoms with E-state index in [0.717, 1.165) is 33.6 Å². The van der Waals surface area contributed by atoms with Crippen LogP contribution in [0.2, 0.25) is 5.02 Å². The summed E-state index contributed by atoms with van der Waals surface area (Å²) in [5.41, 5.74) is 7.57. The highest BCUT2D eigenvalue weighted by Crippen LogP contribution is 2.63. The van der Waals surface area contributed by atoms with Gasteiger partial charge in [0.15, 0.2) is 5.06 Å². The van der Waals surface area contributed by atoms with E-state index < -0.39 is 5.06 Å². The summed E-state index contributed by atoms with van der Waals surface area (Å²) in [5, 5.41) is 16.6. The van der Waals surface area contributed by atoms with Gasteiger partial charge in [0, 0.05) is 39.8 Å². The van der Waals surface area contributed by atoms with Gasteiger partial charge in [-0.05, 0) is 67.4 Å². The van der Waals surface area contributed by atoms with Gasteiger partial charge in [-0.25, -0.2) is 0 Å². The lowest BCUT2D eigenvalue weighted by Gasteiger charge is -2.15. The minimum Gasteiger partial charge on any atom is -0.374 e. The van der Waals surface area contributed by atoms with Crippen LogP contribution in [0.1, 0.15) is 33.7 Å². The molecule has 1 aliphatic carbocycles. The zero-order valence-electron chi connectivity index (χ0n) is 19.1. The van der Waals surface area contributed by atoms with E-state index in [1.54, 1.807) is 6.07 Å². The van der Waals surface area contributed by atoms with Crippen LogP contribution in [0.15, 0.2) is 79.5 Å². The number of rotatable bonds is 7. The summed E-state index contributed by atoms with van der Waals surface area (Å²) in [4.78, 5) is 0. The summed E-state index contributed by atoms with van der Waals surface area (Å²) in [7, 11) is 0. The maximum absolute atomic E-state index is 10.8. The van der Waals surface area contributed by atoms with Gasteiger partial charge in [-0.15, -0.1) is 6.42 Å². The molecular weight excluding hydrogens is 463 g/mol. The van der Waals surface area contributed by atoms with Crippen molar-refractivity contribution >= 4 is 40.3 Å². The molecule has 3 atom stereocenters. The third-order valence-electron chi connectivity index (χ3n) is 6.04. The van der Waals surface area contributed by atoms with Gasteiger partial charge in [-0.1, -0.05) is 66.0 Å². The second kappa shape index (κ2) is 9.24. The van der Waals surface area contributed by atoms with Crippen molar-refractivity contribution in [1.29, 1.82) is 0 Å². The van der Waals surface area contributed by atoms with Crippen LogP contribution in [0.25, 0.3) is 5.70 Å². The van der Waals surface area contributed by atoms with Crippen molar-refractivity contribution in [2.24, 2.45) is 5.92 Å². The van der Waals surface area contributed by atoms with Crippen LogP contribution in [-0.2, 0) is 0 Å². The fourth-order valence-electron chi connectivity index (χ4n) is 4.27. The van der Waals surface area contributed by atoms with Crippen LogP contribution in [0.3, 0.4) is 0 Å².